The predicted molar refractivity (Wildman–Crippen MR) is 48.6 cm³/mol. The van der Waals surface area contributed by atoms with Crippen LogP contribution in [0.25, 0.3) is 0 Å². The zero-order valence-electron chi connectivity index (χ0n) is 8.12. The van der Waals surface area contributed by atoms with Gasteiger partial charge < -0.3 is 10.5 Å². The third kappa shape index (κ3) is 4.48. The van der Waals surface area contributed by atoms with E-state index in [-0.39, 0.29) is 11.9 Å². The van der Waals surface area contributed by atoms with Crippen molar-refractivity contribution in [2.45, 2.75) is 32.7 Å². The largest absolute Gasteiger partial charge is 0.465 e. The Kier molecular flexibility index (Phi) is 5.90. The van der Waals surface area contributed by atoms with Crippen LogP contribution < -0.4 is 5.73 Å². The van der Waals surface area contributed by atoms with E-state index in [1.165, 1.54) is 0 Å². The Hall–Kier alpha value is -1.08. The fraction of sp³-hybridized carbons (Fsp3) is 0.778. The van der Waals surface area contributed by atoms with Gasteiger partial charge in [-0.25, -0.2) is 0 Å². The van der Waals surface area contributed by atoms with Crippen molar-refractivity contribution in [3.63, 3.8) is 0 Å². The molecule has 0 aliphatic carbocycles. The summed E-state index contributed by atoms with van der Waals surface area (Å²) in [5, 5.41) is 8.33. The Balaban J connectivity index is 3.87. The van der Waals surface area contributed by atoms with Crippen molar-refractivity contribution in [2.24, 2.45) is 11.7 Å². The number of esters is 1. The molecule has 0 aromatic heterocycles. The number of carbonyl (C=O) groups is 1. The van der Waals surface area contributed by atoms with Gasteiger partial charge in [0.2, 0.25) is 0 Å². The van der Waals surface area contributed by atoms with E-state index in [0.717, 1.165) is 0 Å². The maximum atomic E-state index is 11.1. The van der Waals surface area contributed by atoms with E-state index in [9.17, 15) is 4.79 Å². The minimum absolute atomic E-state index is 0.00120. The molecule has 2 unspecified atom stereocenters. The van der Waals surface area contributed by atoms with Gasteiger partial charge in [-0.15, -0.1) is 0 Å². The van der Waals surface area contributed by atoms with Gasteiger partial charge in [0.1, 0.15) is 6.04 Å². The Morgan fingerprint density at radius 1 is 1.69 bits per heavy atom. The molecule has 0 radical (unpaired) electrons. The molecule has 0 rings (SSSR count). The van der Waals surface area contributed by atoms with Gasteiger partial charge in [-0.3, -0.25) is 4.79 Å². The summed E-state index contributed by atoms with van der Waals surface area (Å²) in [5.41, 5.74) is 5.60. The topological polar surface area (TPSA) is 76.1 Å². The SMILES string of the molecule is CCOC(=O)C(N)C(C)CCC#N. The lowest BCUT2D eigenvalue weighted by molar-refractivity contribution is -0.145. The molecule has 0 aromatic carbocycles. The van der Waals surface area contributed by atoms with E-state index in [4.69, 9.17) is 15.7 Å². The Morgan fingerprint density at radius 2 is 2.31 bits per heavy atom. The van der Waals surface area contributed by atoms with E-state index in [1.807, 2.05) is 13.0 Å². The molecule has 2 atom stereocenters. The second-order valence-electron chi connectivity index (χ2n) is 2.95. The molecule has 2 N–H and O–H groups in total. The van der Waals surface area contributed by atoms with Gasteiger partial charge in [0, 0.05) is 6.42 Å². The third-order valence-electron chi connectivity index (χ3n) is 1.88. The predicted octanol–water partition coefficient (Wildman–Crippen LogP) is 0.817. The third-order valence-corrected chi connectivity index (χ3v) is 1.88. The molecule has 4 heteroatoms. The molecule has 0 amide bonds. The number of nitrogens with two attached hydrogens (primary N) is 1. The highest BCUT2D eigenvalue weighted by molar-refractivity contribution is 5.75. The van der Waals surface area contributed by atoms with Gasteiger partial charge in [0.15, 0.2) is 0 Å². The van der Waals surface area contributed by atoms with E-state index >= 15 is 0 Å². The highest BCUT2D eigenvalue weighted by atomic mass is 16.5. The smallest absolute Gasteiger partial charge is 0.323 e. The summed E-state index contributed by atoms with van der Waals surface area (Å²) < 4.78 is 4.76. The minimum atomic E-state index is -0.603. The summed E-state index contributed by atoms with van der Waals surface area (Å²) in [7, 11) is 0. The first-order valence-electron chi connectivity index (χ1n) is 4.42. The molecule has 0 aliphatic rings. The van der Waals surface area contributed by atoms with Gasteiger partial charge >= 0.3 is 5.97 Å². The molecule has 0 heterocycles. The maximum Gasteiger partial charge on any atom is 0.323 e. The molecule has 0 aliphatic heterocycles. The highest BCUT2D eigenvalue weighted by Crippen LogP contribution is 2.09. The van der Waals surface area contributed by atoms with E-state index < -0.39 is 6.04 Å². The van der Waals surface area contributed by atoms with Crippen LogP contribution in [0.5, 0.6) is 0 Å². The average Bonchev–Trinajstić information content (AvgIpc) is 2.13. The monoisotopic (exact) mass is 184 g/mol. The highest BCUT2D eigenvalue weighted by Gasteiger charge is 2.21. The van der Waals surface area contributed by atoms with Crippen LogP contribution in [0, 0.1) is 17.2 Å². The first-order chi connectivity index (χ1) is 6.13. The van der Waals surface area contributed by atoms with E-state index in [0.29, 0.717) is 19.4 Å². The summed E-state index contributed by atoms with van der Waals surface area (Å²) in [4.78, 5) is 11.1. The summed E-state index contributed by atoms with van der Waals surface area (Å²) in [6, 6.07) is 1.41. The van der Waals surface area contributed by atoms with Crippen LogP contribution in [0.3, 0.4) is 0 Å². The standard InChI is InChI=1S/C9H16N2O2/c1-3-13-9(12)8(11)7(2)5-4-6-10/h7-8H,3-5,11H2,1-2H3. The Bertz CT molecular complexity index is 198. The number of hydrogen-bond acceptors (Lipinski definition) is 4. The zero-order chi connectivity index (χ0) is 10.3. The van der Waals surface area contributed by atoms with Crippen LogP contribution in [0.1, 0.15) is 26.7 Å². The summed E-state index contributed by atoms with van der Waals surface area (Å²) in [6.45, 7) is 3.93. The van der Waals surface area contributed by atoms with Gasteiger partial charge in [-0.1, -0.05) is 6.92 Å². The fourth-order valence-electron chi connectivity index (χ4n) is 0.943. The van der Waals surface area contributed by atoms with Crippen LogP contribution in [-0.2, 0) is 9.53 Å². The Morgan fingerprint density at radius 3 is 2.77 bits per heavy atom. The first-order valence-corrected chi connectivity index (χ1v) is 4.42. The van der Waals surface area contributed by atoms with Crippen LogP contribution in [0.15, 0.2) is 0 Å². The molecule has 74 valence electrons. The van der Waals surface area contributed by atoms with Crippen LogP contribution >= 0.6 is 0 Å². The Labute approximate surface area is 78.7 Å². The molecule has 0 aromatic rings. The van der Waals surface area contributed by atoms with Crippen molar-refractivity contribution in [2.75, 3.05) is 6.61 Å². The van der Waals surface area contributed by atoms with Crippen molar-refractivity contribution in [1.82, 2.24) is 0 Å². The fourth-order valence-corrected chi connectivity index (χ4v) is 0.943. The zero-order valence-corrected chi connectivity index (χ0v) is 8.12. The van der Waals surface area contributed by atoms with E-state index in [2.05, 4.69) is 0 Å². The lowest BCUT2D eigenvalue weighted by Gasteiger charge is -2.16. The maximum absolute atomic E-state index is 11.1. The van der Waals surface area contributed by atoms with Gasteiger partial charge in [0.25, 0.3) is 0 Å². The molecule has 0 fully saturated rings. The molecule has 0 saturated carbocycles. The summed E-state index contributed by atoms with van der Waals surface area (Å²) in [5.74, 6) is -0.383. The molecule has 0 saturated heterocycles. The van der Waals surface area contributed by atoms with E-state index in [1.54, 1.807) is 6.92 Å². The van der Waals surface area contributed by atoms with Crippen molar-refractivity contribution in [3.05, 3.63) is 0 Å². The quantitative estimate of drug-likeness (QED) is 0.642. The molecular weight excluding hydrogens is 168 g/mol. The molecule has 4 nitrogen and oxygen atoms in total. The lowest BCUT2D eigenvalue weighted by Crippen LogP contribution is -2.38. The average molecular weight is 184 g/mol. The number of hydrogen-bond donors (Lipinski definition) is 1. The molecule has 0 spiro atoms. The van der Waals surface area contributed by atoms with Gasteiger partial charge in [-0.05, 0) is 19.3 Å². The van der Waals surface area contributed by atoms with Crippen molar-refractivity contribution in [3.8, 4) is 6.07 Å². The normalized spacial score (nSPS) is 14.3. The van der Waals surface area contributed by atoms with Crippen LogP contribution in [-0.4, -0.2) is 18.6 Å². The summed E-state index contributed by atoms with van der Waals surface area (Å²) >= 11 is 0. The molecular formula is C9H16N2O2. The number of nitriles is 1. The molecule has 13 heavy (non-hydrogen) atoms. The number of carbonyl (C=O) groups excluding carboxylic acids is 1. The summed E-state index contributed by atoms with van der Waals surface area (Å²) in [6.07, 6.45) is 1.06. The molecule has 0 bridgehead atoms. The van der Waals surface area contributed by atoms with Crippen LogP contribution in [0.4, 0.5) is 0 Å². The first kappa shape index (κ1) is 11.9. The van der Waals surface area contributed by atoms with Gasteiger partial charge in [-0.2, -0.15) is 5.26 Å². The number of ether oxygens (including phenoxy) is 1. The van der Waals surface area contributed by atoms with Gasteiger partial charge in [0.05, 0.1) is 12.7 Å². The van der Waals surface area contributed by atoms with Crippen molar-refractivity contribution >= 4 is 5.97 Å². The lowest BCUT2D eigenvalue weighted by atomic mass is 9.98. The van der Waals surface area contributed by atoms with Crippen molar-refractivity contribution < 1.29 is 9.53 Å². The minimum Gasteiger partial charge on any atom is -0.465 e. The van der Waals surface area contributed by atoms with Crippen LogP contribution in [0.2, 0.25) is 0 Å². The number of rotatable bonds is 5. The second kappa shape index (κ2) is 6.44. The second-order valence-corrected chi connectivity index (χ2v) is 2.95. The number of nitrogens with zero attached hydrogens (tertiary/aromatic N) is 1. The van der Waals surface area contributed by atoms with Crippen molar-refractivity contribution in [1.29, 1.82) is 5.26 Å².